The molecule has 6 heteroatoms. The van der Waals surface area contributed by atoms with Crippen LogP contribution in [-0.4, -0.2) is 22.3 Å². The quantitative estimate of drug-likeness (QED) is 0.892. The van der Waals surface area contributed by atoms with Crippen LogP contribution in [0.2, 0.25) is 0 Å². The molecule has 0 aliphatic rings. The Kier molecular flexibility index (Phi) is 3.52. The smallest absolute Gasteiger partial charge is 0.332 e. The maximum atomic E-state index is 10.3. The third-order valence-electron chi connectivity index (χ3n) is 1.38. The molecule has 72 valence electrons. The van der Waals surface area contributed by atoms with Gasteiger partial charge in [-0.1, -0.05) is 0 Å². The number of hydrogen-bond donors (Lipinski definition) is 2. The summed E-state index contributed by atoms with van der Waals surface area (Å²) in [6, 6.07) is 1.61. The number of carbonyl (C=O) groups is 1. The van der Waals surface area contributed by atoms with Gasteiger partial charge in [-0.15, -0.1) is 0 Å². The second kappa shape index (κ2) is 4.26. The fraction of sp³-hybridized carbons (Fsp3) is 0.286. The highest BCUT2D eigenvalue weighted by Gasteiger charge is 2.17. The lowest BCUT2D eigenvalue weighted by Gasteiger charge is -2.00. The SMILES string of the molecule is O=C(O)C(O)Cc1cc(Br)c(Br)o1. The van der Waals surface area contributed by atoms with E-state index in [0.29, 0.717) is 14.9 Å². The van der Waals surface area contributed by atoms with Gasteiger partial charge < -0.3 is 14.6 Å². The van der Waals surface area contributed by atoms with Crippen LogP contribution in [0.1, 0.15) is 5.76 Å². The molecule has 0 aromatic carbocycles. The van der Waals surface area contributed by atoms with E-state index in [4.69, 9.17) is 14.6 Å². The maximum absolute atomic E-state index is 10.3. The summed E-state index contributed by atoms with van der Waals surface area (Å²) in [6.45, 7) is 0. The number of aliphatic carboxylic acids is 1. The minimum absolute atomic E-state index is 0.0421. The average Bonchev–Trinajstić information content (AvgIpc) is 2.31. The van der Waals surface area contributed by atoms with E-state index in [9.17, 15) is 4.79 Å². The van der Waals surface area contributed by atoms with E-state index in [1.807, 2.05) is 0 Å². The molecule has 1 rings (SSSR count). The number of carboxylic acids is 1. The van der Waals surface area contributed by atoms with Crippen LogP contribution in [0.15, 0.2) is 19.6 Å². The highest BCUT2D eigenvalue weighted by Crippen LogP contribution is 2.27. The Hall–Kier alpha value is -0.330. The second-order valence-corrected chi connectivity index (χ2v) is 3.97. The summed E-state index contributed by atoms with van der Waals surface area (Å²) in [5.41, 5.74) is 0. The minimum atomic E-state index is -1.43. The summed E-state index contributed by atoms with van der Waals surface area (Å²) in [4.78, 5) is 10.3. The number of rotatable bonds is 3. The lowest BCUT2D eigenvalue weighted by molar-refractivity contribution is -0.146. The summed E-state index contributed by atoms with van der Waals surface area (Å²) < 4.78 is 6.26. The highest BCUT2D eigenvalue weighted by atomic mass is 79.9. The Morgan fingerprint density at radius 1 is 1.62 bits per heavy atom. The van der Waals surface area contributed by atoms with Gasteiger partial charge in [0.1, 0.15) is 5.76 Å². The lowest BCUT2D eigenvalue weighted by atomic mass is 10.2. The van der Waals surface area contributed by atoms with Crippen molar-refractivity contribution in [3.63, 3.8) is 0 Å². The number of furan rings is 1. The number of carboxylic acid groups (broad SMARTS) is 1. The van der Waals surface area contributed by atoms with Gasteiger partial charge in [0.15, 0.2) is 10.8 Å². The van der Waals surface area contributed by atoms with Gasteiger partial charge in [-0.05, 0) is 37.9 Å². The molecule has 2 N–H and O–H groups in total. The predicted molar refractivity (Wildman–Crippen MR) is 51.5 cm³/mol. The Balaban J connectivity index is 2.69. The third kappa shape index (κ3) is 2.82. The predicted octanol–water partition coefficient (Wildman–Crippen LogP) is 1.79. The number of halogens is 2. The number of aliphatic hydroxyl groups is 1. The van der Waals surface area contributed by atoms with E-state index < -0.39 is 12.1 Å². The van der Waals surface area contributed by atoms with Crippen LogP contribution in [0.3, 0.4) is 0 Å². The molecule has 0 fully saturated rings. The molecule has 1 heterocycles. The summed E-state index contributed by atoms with van der Waals surface area (Å²) in [7, 11) is 0. The number of aliphatic hydroxyl groups excluding tert-OH is 1. The van der Waals surface area contributed by atoms with Gasteiger partial charge in [0.2, 0.25) is 0 Å². The molecule has 1 aromatic heterocycles. The van der Waals surface area contributed by atoms with Crippen molar-refractivity contribution in [2.24, 2.45) is 0 Å². The molecule has 4 nitrogen and oxygen atoms in total. The molecule has 1 aromatic rings. The van der Waals surface area contributed by atoms with Crippen LogP contribution in [0.4, 0.5) is 0 Å². The monoisotopic (exact) mass is 312 g/mol. The first-order valence-electron chi connectivity index (χ1n) is 3.35. The Labute approximate surface area is 90.8 Å². The van der Waals surface area contributed by atoms with E-state index in [1.54, 1.807) is 6.07 Å². The molecule has 1 atom stereocenters. The average molecular weight is 314 g/mol. The van der Waals surface area contributed by atoms with Crippen LogP contribution in [0.25, 0.3) is 0 Å². The molecular formula is C7H6Br2O4. The molecule has 0 aliphatic heterocycles. The van der Waals surface area contributed by atoms with Crippen molar-refractivity contribution in [1.29, 1.82) is 0 Å². The molecule has 1 unspecified atom stereocenters. The Bertz CT molecular complexity index is 301. The summed E-state index contributed by atoms with van der Waals surface area (Å²) >= 11 is 6.27. The van der Waals surface area contributed by atoms with E-state index in [-0.39, 0.29) is 6.42 Å². The van der Waals surface area contributed by atoms with Crippen molar-refractivity contribution >= 4 is 37.8 Å². The summed E-state index contributed by atoms with van der Waals surface area (Å²) in [6.07, 6.45) is -1.47. The first-order chi connectivity index (χ1) is 6.00. The molecule has 0 radical (unpaired) electrons. The van der Waals surface area contributed by atoms with Crippen molar-refractivity contribution in [1.82, 2.24) is 0 Å². The van der Waals surface area contributed by atoms with Crippen molar-refractivity contribution in [3.05, 3.63) is 21.0 Å². The molecule has 0 saturated carbocycles. The topological polar surface area (TPSA) is 70.7 Å². The van der Waals surface area contributed by atoms with Crippen molar-refractivity contribution in [2.75, 3.05) is 0 Å². The molecule has 0 spiro atoms. The van der Waals surface area contributed by atoms with Gasteiger partial charge in [0.25, 0.3) is 0 Å². The van der Waals surface area contributed by atoms with Crippen molar-refractivity contribution in [2.45, 2.75) is 12.5 Å². The van der Waals surface area contributed by atoms with E-state index in [1.165, 1.54) is 0 Å². The summed E-state index contributed by atoms with van der Waals surface area (Å²) in [5, 5.41) is 17.4. The largest absolute Gasteiger partial charge is 0.479 e. The standard InChI is InChI=1S/C7H6Br2O4/c8-4-1-3(13-6(4)9)2-5(10)7(11)12/h1,5,10H,2H2,(H,11,12). The summed E-state index contributed by atoms with van der Waals surface area (Å²) in [5.74, 6) is -0.850. The second-order valence-electron chi connectivity index (χ2n) is 2.39. The number of hydrogen-bond acceptors (Lipinski definition) is 3. The highest BCUT2D eigenvalue weighted by molar-refractivity contribution is 9.13. The zero-order valence-corrected chi connectivity index (χ0v) is 9.50. The van der Waals surface area contributed by atoms with Crippen LogP contribution in [0.5, 0.6) is 0 Å². The molecule has 0 aliphatic carbocycles. The zero-order valence-electron chi connectivity index (χ0n) is 6.33. The van der Waals surface area contributed by atoms with Crippen LogP contribution in [0, 0.1) is 0 Å². The maximum Gasteiger partial charge on any atom is 0.332 e. The van der Waals surface area contributed by atoms with Crippen molar-refractivity contribution in [3.8, 4) is 0 Å². The van der Waals surface area contributed by atoms with Crippen LogP contribution < -0.4 is 0 Å². The first-order valence-corrected chi connectivity index (χ1v) is 4.94. The van der Waals surface area contributed by atoms with Gasteiger partial charge in [-0.25, -0.2) is 4.79 Å². The molecule has 0 bridgehead atoms. The third-order valence-corrected chi connectivity index (χ3v) is 3.09. The fourth-order valence-corrected chi connectivity index (χ4v) is 1.43. The normalized spacial score (nSPS) is 12.8. The van der Waals surface area contributed by atoms with Gasteiger partial charge in [-0.3, -0.25) is 0 Å². The minimum Gasteiger partial charge on any atom is -0.479 e. The van der Waals surface area contributed by atoms with Gasteiger partial charge in [-0.2, -0.15) is 0 Å². The van der Waals surface area contributed by atoms with Crippen LogP contribution in [-0.2, 0) is 11.2 Å². The van der Waals surface area contributed by atoms with Crippen LogP contribution >= 0.6 is 31.9 Å². The van der Waals surface area contributed by atoms with E-state index >= 15 is 0 Å². The van der Waals surface area contributed by atoms with Crippen molar-refractivity contribution < 1.29 is 19.4 Å². The van der Waals surface area contributed by atoms with Gasteiger partial charge >= 0.3 is 5.97 Å². The molecule has 13 heavy (non-hydrogen) atoms. The van der Waals surface area contributed by atoms with E-state index in [2.05, 4.69) is 31.9 Å². The van der Waals surface area contributed by atoms with E-state index in [0.717, 1.165) is 0 Å². The fourth-order valence-electron chi connectivity index (χ4n) is 0.770. The van der Waals surface area contributed by atoms with Gasteiger partial charge in [0, 0.05) is 6.42 Å². The Morgan fingerprint density at radius 3 is 2.62 bits per heavy atom. The van der Waals surface area contributed by atoms with Gasteiger partial charge in [0.05, 0.1) is 4.47 Å². The molecular weight excluding hydrogens is 308 g/mol. The first kappa shape index (κ1) is 10.7. The molecule has 0 amide bonds. The Morgan fingerprint density at radius 2 is 2.23 bits per heavy atom. The zero-order chi connectivity index (χ0) is 10.0. The molecule has 0 saturated heterocycles. The lowest BCUT2D eigenvalue weighted by Crippen LogP contribution is -2.21.